The smallest absolute Gasteiger partial charge is 0.335 e. The Morgan fingerprint density at radius 3 is 2.22 bits per heavy atom. The van der Waals surface area contributed by atoms with Gasteiger partial charge in [-0.2, -0.15) is 0 Å². The maximum absolute atomic E-state index is 11.9. The normalized spacial score (nSPS) is 18.0. The summed E-state index contributed by atoms with van der Waals surface area (Å²) in [5.74, 6) is -0.0282. The number of hydrogen-bond donors (Lipinski definition) is 1. The fraction of sp³-hybridized carbons (Fsp3) is 0.600. The molecule has 37 heavy (non-hydrogen) atoms. The van der Waals surface area contributed by atoms with Crippen LogP contribution in [0.3, 0.4) is 0 Å². The van der Waals surface area contributed by atoms with Crippen LogP contribution in [0.1, 0.15) is 76.7 Å². The van der Waals surface area contributed by atoms with Gasteiger partial charge in [0, 0.05) is 5.57 Å². The Kier molecular flexibility index (Phi) is 14.0. The first-order valence-corrected chi connectivity index (χ1v) is 13.5. The molecule has 0 radical (unpaired) electrons. The molecule has 0 spiro atoms. The van der Waals surface area contributed by atoms with Gasteiger partial charge in [0.1, 0.15) is 25.6 Å². The van der Waals surface area contributed by atoms with Crippen molar-refractivity contribution in [1.29, 1.82) is 0 Å². The van der Waals surface area contributed by atoms with Gasteiger partial charge >= 0.3 is 11.9 Å². The second-order valence-corrected chi connectivity index (χ2v) is 9.86. The molecule has 0 saturated heterocycles. The van der Waals surface area contributed by atoms with E-state index in [0.717, 1.165) is 24.3 Å². The van der Waals surface area contributed by atoms with Crippen LogP contribution in [0.4, 0.5) is 0 Å². The maximum Gasteiger partial charge on any atom is 0.335 e. The Hall–Kier alpha value is -2.64. The van der Waals surface area contributed by atoms with Crippen molar-refractivity contribution in [2.45, 2.75) is 77.2 Å². The van der Waals surface area contributed by atoms with Crippen LogP contribution < -0.4 is 4.74 Å². The number of aliphatic hydroxyl groups is 1. The molecule has 1 unspecified atom stereocenters. The van der Waals surface area contributed by atoms with E-state index in [1.807, 2.05) is 24.3 Å². The number of esters is 2. The Morgan fingerprint density at radius 1 is 0.973 bits per heavy atom. The van der Waals surface area contributed by atoms with Gasteiger partial charge < -0.3 is 24.1 Å². The van der Waals surface area contributed by atoms with Crippen LogP contribution >= 0.6 is 0 Å². The summed E-state index contributed by atoms with van der Waals surface area (Å²) in [5, 5.41) is 9.06. The molecule has 1 aliphatic carbocycles. The molecule has 0 aliphatic heterocycles. The van der Waals surface area contributed by atoms with Crippen molar-refractivity contribution < 1.29 is 33.6 Å². The summed E-state index contributed by atoms with van der Waals surface area (Å²) >= 11 is 0. The molecule has 0 aromatic heterocycles. The third kappa shape index (κ3) is 11.5. The summed E-state index contributed by atoms with van der Waals surface area (Å²) in [5.41, 5.74) is 1.07. The Morgan fingerprint density at radius 2 is 1.62 bits per heavy atom. The molecule has 1 atom stereocenters. The zero-order valence-electron chi connectivity index (χ0n) is 22.5. The van der Waals surface area contributed by atoms with Crippen LogP contribution in [-0.4, -0.2) is 56.2 Å². The lowest BCUT2D eigenvalue weighted by Gasteiger charge is -2.28. The van der Waals surface area contributed by atoms with Gasteiger partial charge in [-0.1, -0.05) is 57.9 Å². The molecule has 1 N–H and O–H groups in total. The number of carbonyl (C=O) groups excluding carboxylic acids is 2. The number of unbranched alkanes of at least 4 members (excludes halogenated alkanes) is 2. The van der Waals surface area contributed by atoms with Crippen LogP contribution in [0.2, 0.25) is 0 Å². The lowest BCUT2D eigenvalue weighted by molar-refractivity contribution is -0.142. The zero-order valence-corrected chi connectivity index (χ0v) is 22.5. The molecule has 1 saturated carbocycles. The summed E-state index contributed by atoms with van der Waals surface area (Å²) < 4.78 is 22.4. The molecule has 0 heterocycles. The summed E-state index contributed by atoms with van der Waals surface area (Å²) in [6, 6.07) is 7.37. The minimum Gasteiger partial charge on any atom is -0.491 e. The summed E-state index contributed by atoms with van der Waals surface area (Å²) in [7, 11) is 0. The maximum atomic E-state index is 11.9. The highest BCUT2D eigenvalue weighted by molar-refractivity contribution is 5.88. The Balaban J connectivity index is 1.78. The van der Waals surface area contributed by atoms with E-state index in [0.29, 0.717) is 25.1 Å². The van der Waals surface area contributed by atoms with Gasteiger partial charge in [-0.05, 0) is 56.2 Å². The number of hydrogen-bond acceptors (Lipinski definition) is 7. The molecule has 206 valence electrons. The molecule has 7 nitrogen and oxygen atoms in total. The molecule has 0 amide bonds. The molecule has 1 aromatic rings. The second-order valence-electron chi connectivity index (χ2n) is 9.86. The van der Waals surface area contributed by atoms with Crippen molar-refractivity contribution in [1.82, 2.24) is 0 Å². The van der Waals surface area contributed by atoms with Gasteiger partial charge in [0.2, 0.25) is 0 Å². The molecular weight excluding hydrogens is 472 g/mol. The average molecular weight is 517 g/mol. The van der Waals surface area contributed by atoms with Gasteiger partial charge in [0.05, 0.1) is 30.8 Å². The van der Waals surface area contributed by atoms with E-state index in [4.69, 9.17) is 24.1 Å². The van der Waals surface area contributed by atoms with Gasteiger partial charge in [-0.15, -0.1) is 0 Å². The Labute approximate surface area is 221 Å². The van der Waals surface area contributed by atoms with Gasteiger partial charge in [-0.3, -0.25) is 0 Å². The van der Waals surface area contributed by atoms with Crippen LogP contribution in [0.5, 0.6) is 5.75 Å². The van der Waals surface area contributed by atoms with Gasteiger partial charge in [0.25, 0.3) is 0 Å². The van der Waals surface area contributed by atoms with Crippen molar-refractivity contribution >= 4 is 11.9 Å². The van der Waals surface area contributed by atoms with E-state index < -0.39 is 24.5 Å². The molecule has 1 aromatic carbocycles. The van der Waals surface area contributed by atoms with Gasteiger partial charge in [-0.25, -0.2) is 9.59 Å². The molecular formula is C30H44O7. The standard InChI is InChI=1S/C30H44O7/c1-5-6-7-8-24-9-13-27(14-10-24)34-17-18-35-28-15-11-25(12-16-28)26(20-36-29(32)22(2)3)21-37-30(33)23(4)19-31/h11-12,15-16,24,26-27,31H,2,4-10,13-14,17-21H2,1,3H3. The van der Waals surface area contributed by atoms with E-state index in [1.165, 1.54) is 38.5 Å². The topological polar surface area (TPSA) is 91.3 Å². The van der Waals surface area contributed by atoms with Crippen molar-refractivity contribution in [2.75, 3.05) is 33.0 Å². The molecule has 7 heteroatoms. The monoisotopic (exact) mass is 516 g/mol. The van der Waals surface area contributed by atoms with Crippen molar-refractivity contribution in [3.8, 4) is 5.75 Å². The highest BCUT2D eigenvalue weighted by atomic mass is 16.5. The van der Waals surface area contributed by atoms with Crippen molar-refractivity contribution in [3.63, 3.8) is 0 Å². The lowest BCUT2D eigenvalue weighted by Crippen LogP contribution is -2.23. The van der Waals surface area contributed by atoms with Crippen molar-refractivity contribution in [3.05, 3.63) is 54.1 Å². The number of carbonyl (C=O) groups is 2. The van der Waals surface area contributed by atoms with Gasteiger partial charge in [0.15, 0.2) is 0 Å². The van der Waals surface area contributed by atoms with E-state index in [-0.39, 0.29) is 24.4 Å². The fourth-order valence-electron chi connectivity index (χ4n) is 4.36. The quantitative estimate of drug-likeness (QED) is 0.166. The zero-order chi connectivity index (χ0) is 27.0. The molecule has 1 fully saturated rings. The lowest BCUT2D eigenvalue weighted by atomic mass is 9.84. The number of aliphatic hydroxyl groups excluding tert-OH is 1. The first-order valence-electron chi connectivity index (χ1n) is 13.5. The minimum atomic E-state index is -0.691. The predicted molar refractivity (Wildman–Crippen MR) is 143 cm³/mol. The summed E-state index contributed by atoms with van der Waals surface area (Å²) in [4.78, 5) is 23.8. The SMILES string of the molecule is C=C(C)C(=O)OCC(COC(=O)C(=C)CO)c1ccc(OCCOC2CCC(CCCCC)CC2)cc1. The van der Waals surface area contributed by atoms with Crippen molar-refractivity contribution in [2.24, 2.45) is 5.92 Å². The number of rotatable bonds is 17. The first-order chi connectivity index (χ1) is 17.8. The molecule has 2 rings (SSSR count). The number of ether oxygens (including phenoxy) is 4. The third-order valence-electron chi connectivity index (χ3n) is 6.73. The van der Waals surface area contributed by atoms with Crippen LogP contribution in [-0.2, 0) is 23.8 Å². The predicted octanol–water partition coefficient (Wildman–Crippen LogP) is 5.52. The number of benzene rings is 1. The summed E-state index contributed by atoms with van der Waals surface area (Å²) in [6.45, 7) is 11.4. The van der Waals surface area contributed by atoms with Crippen LogP contribution in [0.25, 0.3) is 0 Å². The largest absolute Gasteiger partial charge is 0.491 e. The summed E-state index contributed by atoms with van der Waals surface area (Å²) in [6.07, 6.45) is 10.5. The molecule has 0 bridgehead atoms. The van der Waals surface area contributed by atoms with Crippen LogP contribution in [0.15, 0.2) is 48.6 Å². The fourth-order valence-corrected chi connectivity index (χ4v) is 4.36. The van der Waals surface area contributed by atoms with E-state index in [2.05, 4.69) is 20.1 Å². The highest BCUT2D eigenvalue weighted by Gasteiger charge is 2.21. The Bertz CT molecular complexity index is 853. The first kappa shape index (κ1) is 30.6. The third-order valence-corrected chi connectivity index (χ3v) is 6.73. The molecule has 1 aliphatic rings. The minimum absolute atomic E-state index is 0.0134. The van der Waals surface area contributed by atoms with E-state index in [9.17, 15) is 9.59 Å². The van der Waals surface area contributed by atoms with E-state index >= 15 is 0 Å². The van der Waals surface area contributed by atoms with Crippen LogP contribution in [0, 0.1) is 5.92 Å². The second kappa shape index (κ2) is 17.0. The van der Waals surface area contributed by atoms with E-state index in [1.54, 1.807) is 6.92 Å². The highest BCUT2D eigenvalue weighted by Crippen LogP contribution is 2.30. The average Bonchev–Trinajstić information content (AvgIpc) is 2.91.